The maximum atomic E-state index is 11.4. The van der Waals surface area contributed by atoms with Crippen LogP contribution in [0.5, 0.6) is 0 Å². The fraction of sp³-hybridized carbons (Fsp3) is 0.900. The molecule has 0 saturated heterocycles. The number of carbonyl (C=O) groups is 1. The van der Waals surface area contributed by atoms with E-state index in [2.05, 4.69) is 17.6 Å². The molecule has 0 radical (unpaired) electrons. The Hall–Kier alpha value is -0.730. The van der Waals surface area contributed by atoms with Crippen molar-refractivity contribution in [2.24, 2.45) is 5.92 Å². The van der Waals surface area contributed by atoms with Crippen LogP contribution in [0.4, 0.5) is 4.79 Å². The van der Waals surface area contributed by atoms with Gasteiger partial charge < -0.3 is 10.6 Å². The first-order valence-corrected chi connectivity index (χ1v) is 5.33. The van der Waals surface area contributed by atoms with Gasteiger partial charge in [0.1, 0.15) is 0 Å². The second-order valence-electron chi connectivity index (χ2n) is 4.41. The maximum Gasteiger partial charge on any atom is 0.315 e. The molecule has 2 aliphatic rings. The van der Waals surface area contributed by atoms with Gasteiger partial charge in [0.2, 0.25) is 0 Å². The molecule has 0 aromatic heterocycles. The summed E-state index contributed by atoms with van der Waals surface area (Å²) >= 11 is 0. The monoisotopic (exact) mass is 182 g/mol. The van der Waals surface area contributed by atoms with Crippen LogP contribution in [-0.2, 0) is 0 Å². The summed E-state index contributed by atoms with van der Waals surface area (Å²) in [6.07, 6.45) is 5.99. The molecule has 0 aromatic rings. The Labute approximate surface area is 79.3 Å². The molecular weight excluding hydrogens is 164 g/mol. The van der Waals surface area contributed by atoms with Crippen LogP contribution in [0.2, 0.25) is 0 Å². The van der Waals surface area contributed by atoms with Crippen molar-refractivity contribution in [2.75, 3.05) is 0 Å². The van der Waals surface area contributed by atoms with E-state index in [9.17, 15) is 4.79 Å². The van der Waals surface area contributed by atoms with Crippen LogP contribution < -0.4 is 10.6 Å². The van der Waals surface area contributed by atoms with Gasteiger partial charge in [-0.1, -0.05) is 13.3 Å². The van der Waals surface area contributed by atoms with Gasteiger partial charge in [-0.25, -0.2) is 4.79 Å². The second-order valence-corrected chi connectivity index (χ2v) is 4.41. The number of rotatable bonds is 2. The van der Waals surface area contributed by atoms with Crippen molar-refractivity contribution in [1.82, 2.24) is 10.6 Å². The highest BCUT2D eigenvalue weighted by molar-refractivity contribution is 5.74. The predicted octanol–water partition coefficient (Wildman–Crippen LogP) is 1.64. The van der Waals surface area contributed by atoms with Crippen LogP contribution in [0, 0.1) is 5.92 Å². The van der Waals surface area contributed by atoms with Crippen molar-refractivity contribution in [3.63, 3.8) is 0 Å². The van der Waals surface area contributed by atoms with Crippen molar-refractivity contribution >= 4 is 6.03 Å². The fourth-order valence-corrected chi connectivity index (χ4v) is 1.98. The van der Waals surface area contributed by atoms with E-state index in [1.165, 1.54) is 12.8 Å². The summed E-state index contributed by atoms with van der Waals surface area (Å²) in [5.74, 6) is 0.657. The summed E-state index contributed by atoms with van der Waals surface area (Å²) in [7, 11) is 0. The molecule has 13 heavy (non-hydrogen) atoms. The third kappa shape index (κ3) is 2.36. The van der Waals surface area contributed by atoms with Crippen molar-refractivity contribution in [1.29, 1.82) is 0 Å². The maximum absolute atomic E-state index is 11.4. The average molecular weight is 182 g/mol. The summed E-state index contributed by atoms with van der Waals surface area (Å²) in [5, 5.41) is 6.00. The highest BCUT2D eigenvalue weighted by Gasteiger charge is 2.27. The Morgan fingerprint density at radius 1 is 1.15 bits per heavy atom. The third-order valence-electron chi connectivity index (χ3n) is 3.09. The minimum atomic E-state index is 0.0428. The average Bonchev–Trinajstić information content (AvgIpc) is 2.79. The Bertz CT molecular complexity index is 201. The number of amides is 2. The van der Waals surface area contributed by atoms with E-state index in [4.69, 9.17) is 0 Å². The standard InChI is InChI=1S/C10H18N2O/c1-7-3-2-4-9(7)12-10(13)11-8-5-6-8/h7-9H,2-6H2,1H3,(H2,11,12,13). The van der Waals surface area contributed by atoms with E-state index in [1.54, 1.807) is 0 Å². The molecule has 3 heteroatoms. The van der Waals surface area contributed by atoms with Crippen LogP contribution in [0.25, 0.3) is 0 Å². The second kappa shape index (κ2) is 3.56. The molecule has 0 aliphatic heterocycles. The first-order valence-electron chi connectivity index (χ1n) is 5.33. The van der Waals surface area contributed by atoms with Crippen LogP contribution >= 0.6 is 0 Å². The van der Waals surface area contributed by atoms with Crippen molar-refractivity contribution < 1.29 is 4.79 Å². The van der Waals surface area contributed by atoms with E-state index in [-0.39, 0.29) is 6.03 Å². The zero-order valence-electron chi connectivity index (χ0n) is 8.18. The summed E-state index contributed by atoms with van der Waals surface area (Å²) in [6, 6.07) is 0.928. The minimum absolute atomic E-state index is 0.0428. The fourth-order valence-electron chi connectivity index (χ4n) is 1.98. The lowest BCUT2D eigenvalue weighted by Crippen LogP contribution is -2.43. The van der Waals surface area contributed by atoms with Crippen molar-refractivity contribution in [3.05, 3.63) is 0 Å². The first-order chi connectivity index (χ1) is 6.25. The minimum Gasteiger partial charge on any atom is -0.335 e. The van der Waals surface area contributed by atoms with Crippen molar-refractivity contribution in [2.45, 2.75) is 51.1 Å². The van der Waals surface area contributed by atoms with Crippen LogP contribution in [-0.4, -0.2) is 18.1 Å². The number of hydrogen-bond acceptors (Lipinski definition) is 1. The van der Waals surface area contributed by atoms with E-state index < -0.39 is 0 Å². The third-order valence-corrected chi connectivity index (χ3v) is 3.09. The van der Waals surface area contributed by atoms with E-state index in [0.29, 0.717) is 18.0 Å². The lowest BCUT2D eigenvalue weighted by molar-refractivity contribution is 0.234. The Morgan fingerprint density at radius 3 is 2.46 bits per heavy atom. The van der Waals surface area contributed by atoms with Gasteiger partial charge in [0.25, 0.3) is 0 Å². The van der Waals surface area contributed by atoms with Crippen LogP contribution in [0.3, 0.4) is 0 Å². The van der Waals surface area contributed by atoms with Gasteiger partial charge in [-0.3, -0.25) is 0 Å². The van der Waals surface area contributed by atoms with E-state index in [0.717, 1.165) is 19.3 Å². The van der Waals surface area contributed by atoms with Crippen LogP contribution in [0.15, 0.2) is 0 Å². The summed E-state index contributed by atoms with van der Waals surface area (Å²) in [5.41, 5.74) is 0. The highest BCUT2D eigenvalue weighted by atomic mass is 16.2. The molecule has 2 aliphatic carbocycles. The quantitative estimate of drug-likeness (QED) is 0.669. The Balaban J connectivity index is 1.72. The molecular formula is C10H18N2O. The normalized spacial score (nSPS) is 33.0. The molecule has 0 spiro atoms. The molecule has 74 valence electrons. The molecule has 3 nitrogen and oxygen atoms in total. The van der Waals surface area contributed by atoms with Gasteiger partial charge in [-0.15, -0.1) is 0 Å². The van der Waals surface area contributed by atoms with Gasteiger partial charge in [0.15, 0.2) is 0 Å². The molecule has 0 heterocycles. The Kier molecular flexibility index (Phi) is 2.42. The van der Waals surface area contributed by atoms with Crippen LogP contribution in [0.1, 0.15) is 39.0 Å². The molecule has 2 amide bonds. The lowest BCUT2D eigenvalue weighted by atomic mass is 10.1. The Morgan fingerprint density at radius 2 is 1.92 bits per heavy atom. The molecule has 2 N–H and O–H groups in total. The largest absolute Gasteiger partial charge is 0.335 e. The van der Waals surface area contributed by atoms with Gasteiger partial charge in [-0.2, -0.15) is 0 Å². The van der Waals surface area contributed by atoms with E-state index >= 15 is 0 Å². The van der Waals surface area contributed by atoms with Gasteiger partial charge in [-0.05, 0) is 31.6 Å². The smallest absolute Gasteiger partial charge is 0.315 e. The summed E-state index contributed by atoms with van der Waals surface area (Å²) < 4.78 is 0. The lowest BCUT2D eigenvalue weighted by Gasteiger charge is -2.17. The number of nitrogens with one attached hydrogen (secondary N) is 2. The number of hydrogen-bond donors (Lipinski definition) is 2. The molecule has 2 fully saturated rings. The highest BCUT2D eigenvalue weighted by Crippen LogP contribution is 2.25. The first kappa shape index (κ1) is 8.85. The van der Waals surface area contributed by atoms with Gasteiger partial charge in [0.05, 0.1) is 0 Å². The molecule has 2 atom stereocenters. The topological polar surface area (TPSA) is 41.1 Å². The van der Waals surface area contributed by atoms with Gasteiger partial charge in [0, 0.05) is 12.1 Å². The van der Waals surface area contributed by atoms with Crippen molar-refractivity contribution in [3.8, 4) is 0 Å². The zero-order valence-corrected chi connectivity index (χ0v) is 8.18. The molecule has 0 bridgehead atoms. The predicted molar refractivity (Wildman–Crippen MR) is 51.5 cm³/mol. The number of carbonyl (C=O) groups excluding carboxylic acids is 1. The molecule has 2 saturated carbocycles. The molecule has 2 rings (SSSR count). The SMILES string of the molecule is CC1CCCC1NC(=O)NC1CC1. The van der Waals surface area contributed by atoms with Gasteiger partial charge >= 0.3 is 6.03 Å². The summed E-state index contributed by atoms with van der Waals surface area (Å²) in [6.45, 7) is 2.22. The molecule has 2 unspecified atom stereocenters. The summed E-state index contributed by atoms with van der Waals surface area (Å²) in [4.78, 5) is 11.4. The number of urea groups is 1. The zero-order chi connectivity index (χ0) is 9.26. The van der Waals surface area contributed by atoms with E-state index in [1.807, 2.05) is 0 Å². The molecule has 0 aromatic carbocycles.